The van der Waals surface area contributed by atoms with Crippen molar-refractivity contribution in [3.05, 3.63) is 22.8 Å². The number of carbonyl (C=O) groups excluding carboxylic acids is 1. The Morgan fingerprint density at radius 3 is 2.21 bits per heavy atom. The molecule has 19 heavy (non-hydrogen) atoms. The van der Waals surface area contributed by atoms with E-state index in [4.69, 9.17) is 20.4 Å². The topological polar surface area (TPSA) is 26.3 Å². The standard InChI is InChI=1S/C15H22B2O2/c1-2-3-4-5-6-7-8-9-10-12-13(11-16)19-15(18)14(12)17/h11H,2-10H2,1H3/b13-11-. The van der Waals surface area contributed by atoms with Gasteiger partial charge in [-0.2, -0.15) is 0 Å². The lowest BCUT2D eigenvalue weighted by Gasteiger charge is -2.05. The number of hydrogen-bond acceptors (Lipinski definition) is 2. The third kappa shape index (κ3) is 5.30. The maximum Gasteiger partial charge on any atom is 0.329 e. The van der Waals surface area contributed by atoms with E-state index >= 15 is 0 Å². The van der Waals surface area contributed by atoms with Crippen LogP contribution in [-0.2, 0) is 9.53 Å². The number of cyclic esters (lactones) is 1. The summed E-state index contributed by atoms with van der Waals surface area (Å²) in [5.74, 6) is 1.29. The molecule has 0 saturated heterocycles. The van der Waals surface area contributed by atoms with E-state index in [0.29, 0.717) is 5.76 Å². The summed E-state index contributed by atoms with van der Waals surface area (Å²) in [7, 11) is 11.1. The van der Waals surface area contributed by atoms with Crippen molar-refractivity contribution in [2.24, 2.45) is 0 Å². The molecule has 0 aromatic rings. The van der Waals surface area contributed by atoms with E-state index < -0.39 is 5.97 Å². The van der Waals surface area contributed by atoms with Crippen LogP contribution in [0.4, 0.5) is 0 Å². The van der Waals surface area contributed by atoms with Crippen LogP contribution in [-0.4, -0.2) is 21.7 Å². The molecule has 0 amide bonds. The van der Waals surface area contributed by atoms with Gasteiger partial charge < -0.3 is 4.74 Å². The van der Waals surface area contributed by atoms with E-state index in [1.807, 2.05) is 0 Å². The first kappa shape index (κ1) is 16.1. The van der Waals surface area contributed by atoms with Crippen molar-refractivity contribution in [1.29, 1.82) is 0 Å². The summed E-state index contributed by atoms with van der Waals surface area (Å²) in [5.41, 5.74) is 0.998. The minimum atomic E-state index is -0.466. The summed E-state index contributed by atoms with van der Waals surface area (Å²) < 4.78 is 4.96. The zero-order chi connectivity index (χ0) is 14.1. The van der Waals surface area contributed by atoms with Crippen LogP contribution in [0.1, 0.15) is 64.7 Å². The summed E-state index contributed by atoms with van der Waals surface area (Å²) in [4.78, 5) is 11.3. The SMILES string of the molecule is [B]/C=C1\OC(=O)C([B])=C1CCCCCCCCCC. The number of rotatable bonds is 9. The van der Waals surface area contributed by atoms with Crippen molar-refractivity contribution < 1.29 is 9.53 Å². The van der Waals surface area contributed by atoms with Crippen LogP contribution < -0.4 is 0 Å². The first-order chi connectivity index (χ1) is 9.20. The molecule has 0 unspecified atom stereocenters. The van der Waals surface area contributed by atoms with Gasteiger partial charge in [-0.1, -0.05) is 57.8 Å². The highest BCUT2D eigenvalue weighted by molar-refractivity contribution is 6.37. The zero-order valence-corrected chi connectivity index (χ0v) is 11.9. The van der Waals surface area contributed by atoms with Crippen molar-refractivity contribution >= 4 is 21.7 Å². The lowest BCUT2D eigenvalue weighted by Crippen LogP contribution is -1.97. The lowest BCUT2D eigenvalue weighted by atomic mass is 9.87. The van der Waals surface area contributed by atoms with Crippen LogP contribution >= 0.6 is 0 Å². The number of unbranched alkanes of at least 4 members (excludes halogenated alkanes) is 7. The molecule has 1 heterocycles. The highest BCUT2D eigenvalue weighted by Crippen LogP contribution is 2.28. The minimum Gasteiger partial charge on any atom is -0.425 e. The average molecular weight is 256 g/mol. The second-order valence-electron chi connectivity index (χ2n) is 5.04. The van der Waals surface area contributed by atoms with Gasteiger partial charge in [-0.05, 0) is 23.9 Å². The van der Waals surface area contributed by atoms with Gasteiger partial charge in [0.1, 0.15) is 21.5 Å². The van der Waals surface area contributed by atoms with Gasteiger partial charge in [-0.3, -0.25) is 0 Å². The van der Waals surface area contributed by atoms with Gasteiger partial charge in [0.25, 0.3) is 0 Å². The van der Waals surface area contributed by atoms with E-state index in [1.54, 1.807) is 0 Å². The van der Waals surface area contributed by atoms with E-state index in [0.717, 1.165) is 24.8 Å². The van der Waals surface area contributed by atoms with Crippen LogP contribution in [0, 0.1) is 0 Å². The Kier molecular flexibility index (Phi) is 7.69. The molecule has 1 aliphatic rings. The second kappa shape index (κ2) is 9.06. The minimum absolute atomic E-state index is 0.222. The fourth-order valence-electron chi connectivity index (χ4n) is 2.30. The molecule has 2 nitrogen and oxygen atoms in total. The molecule has 0 atom stereocenters. The Hall–Kier alpha value is -0.920. The van der Waals surface area contributed by atoms with E-state index in [2.05, 4.69) is 6.92 Å². The fourth-order valence-corrected chi connectivity index (χ4v) is 2.30. The molecule has 0 aliphatic carbocycles. The molecule has 1 rings (SSSR count). The molecular weight excluding hydrogens is 234 g/mol. The highest BCUT2D eigenvalue weighted by Gasteiger charge is 2.24. The van der Waals surface area contributed by atoms with Gasteiger partial charge >= 0.3 is 5.97 Å². The number of carbonyl (C=O) groups is 1. The highest BCUT2D eigenvalue weighted by atomic mass is 16.5. The summed E-state index contributed by atoms with van der Waals surface area (Å²) in [6.45, 7) is 2.23. The molecule has 0 N–H and O–H groups in total. The largest absolute Gasteiger partial charge is 0.425 e. The predicted molar refractivity (Wildman–Crippen MR) is 79.9 cm³/mol. The monoisotopic (exact) mass is 256 g/mol. The predicted octanol–water partition coefficient (Wildman–Crippen LogP) is 3.51. The number of esters is 1. The first-order valence-electron chi connectivity index (χ1n) is 7.33. The number of allylic oxidation sites excluding steroid dienone is 1. The Labute approximate surface area is 119 Å². The zero-order valence-electron chi connectivity index (χ0n) is 11.9. The maximum atomic E-state index is 11.3. The van der Waals surface area contributed by atoms with Gasteiger partial charge in [0, 0.05) is 0 Å². The van der Waals surface area contributed by atoms with Crippen molar-refractivity contribution in [3.8, 4) is 0 Å². The molecule has 4 radical (unpaired) electrons. The summed E-state index contributed by atoms with van der Waals surface area (Å²) >= 11 is 0. The quantitative estimate of drug-likeness (QED) is 0.358. The number of ether oxygens (including phenoxy) is 1. The Balaban J connectivity index is 2.17. The van der Waals surface area contributed by atoms with E-state index in [-0.39, 0.29) is 5.47 Å². The van der Waals surface area contributed by atoms with Crippen LogP contribution in [0.15, 0.2) is 22.8 Å². The Morgan fingerprint density at radius 2 is 1.63 bits per heavy atom. The molecule has 0 fully saturated rings. The Morgan fingerprint density at radius 1 is 1.05 bits per heavy atom. The summed E-state index contributed by atoms with van der Waals surface area (Å²) in [5, 5.41) is 0. The molecule has 100 valence electrons. The van der Waals surface area contributed by atoms with Crippen molar-refractivity contribution in [1.82, 2.24) is 0 Å². The number of hydrogen-bond donors (Lipinski definition) is 0. The van der Waals surface area contributed by atoms with Crippen LogP contribution in [0.3, 0.4) is 0 Å². The molecule has 0 aromatic heterocycles. The van der Waals surface area contributed by atoms with Crippen LogP contribution in [0.2, 0.25) is 0 Å². The average Bonchev–Trinajstić information content (AvgIpc) is 2.69. The smallest absolute Gasteiger partial charge is 0.329 e. The molecule has 0 bridgehead atoms. The normalized spacial score (nSPS) is 17.3. The first-order valence-corrected chi connectivity index (χ1v) is 7.33. The van der Waals surface area contributed by atoms with E-state index in [9.17, 15) is 4.79 Å². The van der Waals surface area contributed by atoms with Gasteiger partial charge in [-0.25, -0.2) is 4.79 Å². The fraction of sp³-hybridized carbons (Fsp3) is 0.667. The molecule has 0 spiro atoms. The maximum absolute atomic E-state index is 11.3. The molecule has 1 aliphatic heterocycles. The molecular formula is C15H22B2O2. The van der Waals surface area contributed by atoms with Crippen LogP contribution in [0.25, 0.3) is 0 Å². The third-order valence-electron chi connectivity index (χ3n) is 3.48. The van der Waals surface area contributed by atoms with Crippen LogP contribution in [0.5, 0.6) is 0 Å². The van der Waals surface area contributed by atoms with Crippen molar-refractivity contribution in [2.75, 3.05) is 0 Å². The second-order valence-corrected chi connectivity index (χ2v) is 5.04. The Bertz CT molecular complexity index is 359. The van der Waals surface area contributed by atoms with Crippen molar-refractivity contribution in [3.63, 3.8) is 0 Å². The van der Waals surface area contributed by atoms with Gasteiger partial charge in [0.2, 0.25) is 0 Å². The lowest BCUT2D eigenvalue weighted by molar-refractivity contribution is -0.132. The molecule has 4 heteroatoms. The third-order valence-corrected chi connectivity index (χ3v) is 3.48. The molecule has 0 saturated carbocycles. The van der Waals surface area contributed by atoms with Crippen molar-refractivity contribution in [2.45, 2.75) is 64.7 Å². The van der Waals surface area contributed by atoms with E-state index in [1.165, 1.54) is 44.5 Å². The van der Waals surface area contributed by atoms with Gasteiger partial charge in [0.05, 0.1) is 0 Å². The van der Waals surface area contributed by atoms with Gasteiger partial charge in [-0.15, -0.1) is 0 Å². The molecule has 0 aromatic carbocycles. The van der Waals surface area contributed by atoms with Gasteiger partial charge in [0.15, 0.2) is 0 Å². The summed E-state index contributed by atoms with van der Waals surface area (Å²) in [6, 6.07) is 0. The summed E-state index contributed by atoms with van der Waals surface area (Å²) in [6.07, 6.45) is 10.8.